The highest BCUT2D eigenvalue weighted by molar-refractivity contribution is 6.14. The fourth-order valence-corrected chi connectivity index (χ4v) is 5.15. The molecule has 37 heavy (non-hydrogen) atoms. The van der Waals surface area contributed by atoms with E-state index in [0.29, 0.717) is 30.1 Å². The lowest BCUT2D eigenvalue weighted by Gasteiger charge is -2.37. The van der Waals surface area contributed by atoms with Crippen LogP contribution in [0.3, 0.4) is 0 Å². The highest BCUT2D eigenvalue weighted by Crippen LogP contribution is 2.30. The summed E-state index contributed by atoms with van der Waals surface area (Å²) in [6, 6.07) is 12.4. The molecule has 9 heteroatoms. The van der Waals surface area contributed by atoms with Crippen LogP contribution in [-0.2, 0) is 9.59 Å². The van der Waals surface area contributed by atoms with Gasteiger partial charge in [0, 0.05) is 36.2 Å². The van der Waals surface area contributed by atoms with Crippen LogP contribution in [-0.4, -0.2) is 65.5 Å². The number of piperidine rings is 1. The van der Waals surface area contributed by atoms with Gasteiger partial charge in [-0.05, 0) is 69.7 Å². The molecule has 2 unspecified atom stereocenters. The van der Waals surface area contributed by atoms with Gasteiger partial charge in [-0.3, -0.25) is 19.5 Å². The minimum atomic E-state index is -1.20. The first-order valence-corrected chi connectivity index (χ1v) is 12.8. The Morgan fingerprint density at radius 1 is 1.11 bits per heavy atom. The maximum Gasteiger partial charge on any atom is 0.321 e. The van der Waals surface area contributed by atoms with Crippen molar-refractivity contribution in [3.05, 3.63) is 59.2 Å². The van der Waals surface area contributed by atoms with E-state index in [0.717, 1.165) is 36.0 Å². The molecule has 1 fully saturated rings. The fourth-order valence-electron chi connectivity index (χ4n) is 5.15. The van der Waals surface area contributed by atoms with Gasteiger partial charge in [0.25, 0.3) is 5.91 Å². The molecule has 0 radical (unpaired) electrons. The molecule has 1 saturated heterocycles. The number of amides is 4. The third-order valence-corrected chi connectivity index (χ3v) is 6.97. The van der Waals surface area contributed by atoms with Gasteiger partial charge in [0.2, 0.25) is 12.1 Å². The third-order valence-electron chi connectivity index (χ3n) is 6.97. The fraction of sp³-hybridized carbons (Fsp3) is 0.429. The minimum Gasteiger partial charge on any atom is -0.396 e. The van der Waals surface area contributed by atoms with Crippen molar-refractivity contribution in [1.82, 2.24) is 10.2 Å². The second-order valence-electron chi connectivity index (χ2n) is 9.73. The SMILES string of the molecule is CC1=NC(NC(=O)Nc2cccc(C)c2)C(=O)N(CC(=O)N2CCCCC2CCO)c2c(C)cccc21. The van der Waals surface area contributed by atoms with Gasteiger partial charge >= 0.3 is 6.03 Å². The molecule has 2 aromatic carbocycles. The van der Waals surface area contributed by atoms with Crippen LogP contribution in [0.15, 0.2) is 47.5 Å². The quantitative estimate of drug-likeness (QED) is 0.558. The Morgan fingerprint density at radius 2 is 1.89 bits per heavy atom. The predicted molar refractivity (Wildman–Crippen MR) is 144 cm³/mol. The summed E-state index contributed by atoms with van der Waals surface area (Å²) in [5.41, 5.74) is 4.40. The summed E-state index contributed by atoms with van der Waals surface area (Å²) in [7, 11) is 0. The molecule has 0 aromatic heterocycles. The number of hydrogen-bond acceptors (Lipinski definition) is 5. The van der Waals surface area contributed by atoms with Gasteiger partial charge in [0.1, 0.15) is 6.54 Å². The lowest BCUT2D eigenvalue weighted by molar-refractivity contribution is -0.135. The molecule has 9 nitrogen and oxygen atoms in total. The minimum absolute atomic E-state index is 0.00805. The second-order valence-corrected chi connectivity index (χ2v) is 9.73. The van der Waals surface area contributed by atoms with Crippen molar-refractivity contribution in [2.24, 2.45) is 4.99 Å². The van der Waals surface area contributed by atoms with Crippen LogP contribution < -0.4 is 15.5 Å². The number of aryl methyl sites for hydroxylation is 2. The van der Waals surface area contributed by atoms with Crippen LogP contribution in [0.4, 0.5) is 16.2 Å². The van der Waals surface area contributed by atoms with Crippen molar-refractivity contribution in [2.45, 2.75) is 58.7 Å². The number of benzodiazepines with no additional fused rings is 1. The Morgan fingerprint density at radius 3 is 2.65 bits per heavy atom. The standard InChI is InChI=1S/C28H35N5O4/c1-18-8-6-10-21(16-18)30-28(37)31-26-27(36)33(25-19(2)9-7-12-23(25)20(3)29-26)17-24(35)32-14-5-4-11-22(32)13-15-34/h6-10,12,16,22,26,34H,4-5,11,13-15,17H2,1-3H3,(H2,30,31,37). The summed E-state index contributed by atoms with van der Waals surface area (Å²) >= 11 is 0. The van der Waals surface area contributed by atoms with E-state index in [9.17, 15) is 19.5 Å². The van der Waals surface area contributed by atoms with Gasteiger partial charge in [-0.1, -0.05) is 30.3 Å². The first-order valence-electron chi connectivity index (χ1n) is 12.8. The average Bonchev–Trinajstić information content (AvgIpc) is 2.95. The number of fused-ring (bicyclic) bond motifs is 1. The Hall–Kier alpha value is -3.72. The Labute approximate surface area is 217 Å². The molecule has 0 spiro atoms. The van der Waals surface area contributed by atoms with Gasteiger partial charge in [0.05, 0.1) is 5.69 Å². The van der Waals surface area contributed by atoms with E-state index in [1.165, 1.54) is 4.90 Å². The zero-order valence-corrected chi connectivity index (χ0v) is 21.7. The molecular weight excluding hydrogens is 470 g/mol. The van der Waals surface area contributed by atoms with Crippen LogP contribution in [0.1, 0.15) is 49.3 Å². The van der Waals surface area contributed by atoms with E-state index in [4.69, 9.17) is 0 Å². The van der Waals surface area contributed by atoms with Gasteiger partial charge in [-0.2, -0.15) is 0 Å². The van der Waals surface area contributed by atoms with Crippen molar-refractivity contribution in [2.75, 3.05) is 29.9 Å². The van der Waals surface area contributed by atoms with Crippen molar-refractivity contribution in [1.29, 1.82) is 0 Å². The number of urea groups is 1. The van der Waals surface area contributed by atoms with Crippen molar-refractivity contribution in [3.63, 3.8) is 0 Å². The number of benzene rings is 2. The topological polar surface area (TPSA) is 114 Å². The Balaban J connectivity index is 1.61. The Bertz CT molecular complexity index is 1210. The number of nitrogens with one attached hydrogen (secondary N) is 2. The Kier molecular flexibility index (Phi) is 8.23. The van der Waals surface area contributed by atoms with Gasteiger partial charge in [0.15, 0.2) is 0 Å². The van der Waals surface area contributed by atoms with Crippen molar-refractivity contribution in [3.8, 4) is 0 Å². The number of rotatable bonds is 6. The smallest absolute Gasteiger partial charge is 0.321 e. The zero-order valence-electron chi connectivity index (χ0n) is 21.7. The number of anilines is 2. The average molecular weight is 506 g/mol. The maximum absolute atomic E-state index is 13.8. The number of nitrogens with zero attached hydrogens (tertiary/aromatic N) is 3. The van der Waals surface area contributed by atoms with Crippen molar-refractivity contribution < 1.29 is 19.5 Å². The van der Waals surface area contributed by atoms with E-state index in [1.807, 2.05) is 50.2 Å². The van der Waals surface area contributed by atoms with Gasteiger partial charge < -0.3 is 20.6 Å². The van der Waals surface area contributed by atoms with E-state index in [1.54, 1.807) is 17.9 Å². The van der Waals surface area contributed by atoms with Crippen LogP contribution in [0.2, 0.25) is 0 Å². The van der Waals surface area contributed by atoms with Crippen molar-refractivity contribution >= 4 is 34.9 Å². The number of carbonyl (C=O) groups is 3. The zero-order chi connectivity index (χ0) is 26.5. The second kappa shape index (κ2) is 11.6. The monoisotopic (exact) mass is 505 g/mol. The summed E-state index contributed by atoms with van der Waals surface area (Å²) in [4.78, 5) is 48.0. The van der Waals surface area contributed by atoms with E-state index >= 15 is 0 Å². The molecule has 2 atom stereocenters. The highest BCUT2D eigenvalue weighted by atomic mass is 16.3. The molecule has 3 N–H and O–H groups in total. The van der Waals surface area contributed by atoms with Crippen LogP contribution in [0.25, 0.3) is 0 Å². The van der Waals surface area contributed by atoms with Crippen LogP contribution in [0.5, 0.6) is 0 Å². The molecule has 0 bridgehead atoms. The van der Waals surface area contributed by atoms with Crippen LogP contribution >= 0.6 is 0 Å². The number of aliphatic hydroxyl groups is 1. The summed E-state index contributed by atoms with van der Waals surface area (Å²) in [5, 5.41) is 14.9. The van der Waals surface area contributed by atoms with Gasteiger partial charge in [-0.25, -0.2) is 4.79 Å². The summed E-state index contributed by atoms with van der Waals surface area (Å²) in [6.45, 7) is 6.05. The lowest BCUT2D eigenvalue weighted by atomic mass is 9.99. The molecular formula is C28H35N5O4. The highest BCUT2D eigenvalue weighted by Gasteiger charge is 2.36. The normalized spacial score (nSPS) is 19.6. The van der Waals surface area contributed by atoms with Crippen LogP contribution in [0, 0.1) is 13.8 Å². The number of para-hydroxylation sites is 1. The first kappa shape index (κ1) is 26.3. The molecule has 2 aliphatic rings. The van der Waals surface area contributed by atoms with Gasteiger partial charge in [-0.15, -0.1) is 0 Å². The number of likely N-dealkylation sites (tertiary alicyclic amines) is 1. The number of carbonyl (C=O) groups excluding carboxylic acids is 3. The molecule has 0 aliphatic carbocycles. The molecule has 2 aliphatic heterocycles. The largest absolute Gasteiger partial charge is 0.396 e. The first-order chi connectivity index (χ1) is 17.8. The number of aliphatic hydroxyl groups excluding tert-OH is 1. The number of aliphatic imine (C=N–C) groups is 1. The third kappa shape index (κ3) is 5.99. The summed E-state index contributed by atoms with van der Waals surface area (Å²) in [5.74, 6) is -0.654. The molecule has 196 valence electrons. The maximum atomic E-state index is 13.8. The molecule has 4 rings (SSSR count). The molecule has 2 aromatic rings. The molecule has 4 amide bonds. The van der Waals surface area contributed by atoms with E-state index in [-0.39, 0.29) is 25.1 Å². The van der Waals surface area contributed by atoms with E-state index < -0.39 is 18.1 Å². The molecule has 2 heterocycles. The molecule has 0 saturated carbocycles. The summed E-state index contributed by atoms with van der Waals surface area (Å²) in [6.07, 6.45) is 2.05. The van der Waals surface area contributed by atoms with E-state index in [2.05, 4.69) is 15.6 Å². The predicted octanol–water partition coefficient (Wildman–Crippen LogP) is 3.37. The lowest BCUT2D eigenvalue weighted by Crippen LogP contribution is -2.53. The summed E-state index contributed by atoms with van der Waals surface area (Å²) < 4.78 is 0. The number of hydrogen-bond donors (Lipinski definition) is 3.